The number of piperidine rings is 1. The van der Waals surface area contributed by atoms with Gasteiger partial charge in [0.2, 0.25) is 0 Å². The van der Waals surface area contributed by atoms with Crippen molar-refractivity contribution in [3.05, 3.63) is 34.6 Å². The van der Waals surface area contributed by atoms with E-state index in [0.29, 0.717) is 18.0 Å². The minimum Gasteiger partial charge on any atom is -0.310 e. The van der Waals surface area contributed by atoms with E-state index in [1.165, 1.54) is 6.07 Å². The van der Waals surface area contributed by atoms with Gasteiger partial charge in [-0.2, -0.15) is 0 Å². The monoisotopic (exact) mass is 284 g/mol. The number of nitrogens with zero attached hydrogens (tertiary/aromatic N) is 1. The van der Waals surface area contributed by atoms with Gasteiger partial charge in [-0.3, -0.25) is 0 Å². The van der Waals surface area contributed by atoms with Crippen molar-refractivity contribution >= 4 is 11.6 Å². The maximum absolute atomic E-state index is 13.1. The number of likely N-dealkylation sites (tertiary alicyclic amines) is 1. The van der Waals surface area contributed by atoms with E-state index in [-0.39, 0.29) is 10.8 Å². The predicted octanol–water partition coefficient (Wildman–Crippen LogP) is 3.30. The Morgan fingerprint density at radius 2 is 2.16 bits per heavy atom. The Labute approximate surface area is 119 Å². The molecule has 0 radical (unpaired) electrons. The molecule has 0 aromatic heterocycles. The second-order valence-corrected chi connectivity index (χ2v) is 6.14. The third-order valence-corrected chi connectivity index (χ3v) is 4.45. The van der Waals surface area contributed by atoms with Crippen LogP contribution >= 0.6 is 11.6 Å². The summed E-state index contributed by atoms with van der Waals surface area (Å²) in [4.78, 5) is 2.40. The second-order valence-electron chi connectivity index (χ2n) is 5.74. The highest BCUT2D eigenvalue weighted by Gasteiger charge is 2.28. The molecule has 0 saturated carbocycles. The molecule has 106 valence electrons. The SMILES string of the molecule is CC1CN(C)C(C)CC1NCc1ccc(F)c(Cl)c1. The molecule has 0 amide bonds. The van der Waals surface area contributed by atoms with Crippen LogP contribution in [0.4, 0.5) is 4.39 Å². The fraction of sp³-hybridized carbons (Fsp3) is 0.600. The van der Waals surface area contributed by atoms with Crippen LogP contribution in [-0.2, 0) is 6.54 Å². The molecule has 0 bridgehead atoms. The van der Waals surface area contributed by atoms with Gasteiger partial charge in [0.05, 0.1) is 5.02 Å². The van der Waals surface area contributed by atoms with Crippen LogP contribution in [-0.4, -0.2) is 30.6 Å². The molecule has 1 aliphatic rings. The Balaban J connectivity index is 1.92. The largest absolute Gasteiger partial charge is 0.310 e. The molecule has 1 N–H and O–H groups in total. The number of benzene rings is 1. The summed E-state index contributed by atoms with van der Waals surface area (Å²) in [7, 11) is 2.18. The lowest BCUT2D eigenvalue weighted by atomic mass is 9.90. The number of rotatable bonds is 3. The van der Waals surface area contributed by atoms with Gasteiger partial charge in [-0.25, -0.2) is 4.39 Å². The average molecular weight is 285 g/mol. The maximum Gasteiger partial charge on any atom is 0.141 e. The van der Waals surface area contributed by atoms with Crippen LogP contribution in [0.5, 0.6) is 0 Å². The minimum absolute atomic E-state index is 0.198. The van der Waals surface area contributed by atoms with E-state index >= 15 is 0 Å². The summed E-state index contributed by atoms with van der Waals surface area (Å²) in [5.74, 6) is 0.267. The van der Waals surface area contributed by atoms with Gasteiger partial charge in [0, 0.05) is 25.2 Å². The average Bonchev–Trinajstić information content (AvgIpc) is 2.36. The Kier molecular flexibility index (Phi) is 4.82. The van der Waals surface area contributed by atoms with Crippen molar-refractivity contribution in [1.82, 2.24) is 10.2 Å². The number of hydrogen-bond donors (Lipinski definition) is 1. The molecule has 19 heavy (non-hydrogen) atoms. The van der Waals surface area contributed by atoms with Gasteiger partial charge in [0.1, 0.15) is 5.82 Å². The second kappa shape index (κ2) is 6.21. The van der Waals surface area contributed by atoms with E-state index in [4.69, 9.17) is 11.6 Å². The Hall–Kier alpha value is -0.640. The molecule has 1 fully saturated rings. The summed E-state index contributed by atoms with van der Waals surface area (Å²) >= 11 is 5.80. The Morgan fingerprint density at radius 3 is 2.84 bits per heavy atom. The van der Waals surface area contributed by atoms with E-state index < -0.39 is 0 Å². The summed E-state index contributed by atoms with van der Waals surface area (Å²) in [5, 5.41) is 3.78. The summed E-state index contributed by atoms with van der Waals surface area (Å²) in [6.07, 6.45) is 1.15. The lowest BCUT2D eigenvalue weighted by molar-refractivity contribution is 0.121. The Morgan fingerprint density at radius 1 is 1.42 bits per heavy atom. The molecule has 0 spiro atoms. The van der Waals surface area contributed by atoms with Gasteiger partial charge in [-0.05, 0) is 44.0 Å². The van der Waals surface area contributed by atoms with Gasteiger partial charge in [-0.1, -0.05) is 24.6 Å². The molecular weight excluding hydrogens is 263 g/mol. The molecular formula is C15H22ClFN2. The van der Waals surface area contributed by atoms with Gasteiger partial charge in [0.15, 0.2) is 0 Å². The van der Waals surface area contributed by atoms with E-state index in [9.17, 15) is 4.39 Å². The zero-order chi connectivity index (χ0) is 14.0. The van der Waals surface area contributed by atoms with Crippen LogP contribution in [0.25, 0.3) is 0 Å². The fourth-order valence-corrected chi connectivity index (χ4v) is 2.93. The highest BCUT2D eigenvalue weighted by Crippen LogP contribution is 2.22. The fourth-order valence-electron chi connectivity index (χ4n) is 2.72. The summed E-state index contributed by atoms with van der Waals surface area (Å²) in [6.45, 7) is 6.39. The van der Waals surface area contributed by atoms with E-state index in [1.807, 2.05) is 0 Å². The molecule has 0 aliphatic carbocycles. The first-order valence-electron chi connectivity index (χ1n) is 6.85. The van der Waals surface area contributed by atoms with Crippen molar-refractivity contribution in [3.8, 4) is 0 Å². The highest BCUT2D eigenvalue weighted by molar-refractivity contribution is 6.30. The molecule has 3 atom stereocenters. The first-order valence-corrected chi connectivity index (χ1v) is 7.22. The van der Waals surface area contributed by atoms with E-state index in [0.717, 1.165) is 25.1 Å². The number of nitrogens with one attached hydrogen (secondary N) is 1. The standard InChI is InChI=1S/C15H22ClFN2/c1-10-9-19(3)11(2)6-15(10)18-8-12-4-5-14(17)13(16)7-12/h4-5,7,10-11,15,18H,6,8-9H2,1-3H3. The van der Waals surface area contributed by atoms with Crippen molar-refractivity contribution in [1.29, 1.82) is 0 Å². The van der Waals surface area contributed by atoms with E-state index in [2.05, 4.69) is 31.1 Å². The zero-order valence-electron chi connectivity index (χ0n) is 11.8. The Bertz CT molecular complexity index is 438. The maximum atomic E-state index is 13.1. The molecule has 2 nitrogen and oxygen atoms in total. The smallest absolute Gasteiger partial charge is 0.141 e. The van der Waals surface area contributed by atoms with Crippen LogP contribution < -0.4 is 5.32 Å². The van der Waals surface area contributed by atoms with Crippen molar-refractivity contribution in [3.63, 3.8) is 0 Å². The normalized spacial score (nSPS) is 28.6. The lowest BCUT2D eigenvalue weighted by Crippen LogP contribution is -2.50. The molecule has 1 heterocycles. The van der Waals surface area contributed by atoms with Gasteiger partial charge in [0.25, 0.3) is 0 Å². The molecule has 1 aromatic rings. The molecule has 1 saturated heterocycles. The summed E-state index contributed by atoms with van der Waals surface area (Å²) in [6, 6.07) is 6.03. The first-order chi connectivity index (χ1) is 8.97. The van der Waals surface area contributed by atoms with Crippen LogP contribution in [0, 0.1) is 11.7 Å². The molecule has 3 unspecified atom stereocenters. The van der Waals surface area contributed by atoms with Crippen LogP contribution in [0.15, 0.2) is 18.2 Å². The van der Waals surface area contributed by atoms with Gasteiger partial charge in [-0.15, -0.1) is 0 Å². The third-order valence-electron chi connectivity index (χ3n) is 4.16. The minimum atomic E-state index is -0.355. The summed E-state index contributed by atoms with van der Waals surface area (Å²) < 4.78 is 13.1. The number of halogens is 2. The zero-order valence-corrected chi connectivity index (χ0v) is 12.5. The molecule has 1 aliphatic heterocycles. The number of hydrogen-bond acceptors (Lipinski definition) is 2. The van der Waals surface area contributed by atoms with Crippen LogP contribution in [0.1, 0.15) is 25.8 Å². The van der Waals surface area contributed by atoms with Crippen LogP contribution in [0.3, 0.4) is 0 Å². The topological polar surface area (TPSA) is 15.3 Å². The van der Waals surface area contributed by atoms with Crippen molar-refractivity contribution in [2.24, 2.45) is 5.92 Å². The molecule has 1 aromatic carbocycles. The summed E-state index contributed by atoms with van der Waals surface area (Å²) in [5.41, 5.74) is 1.03. The molecule has 4 heteroatoms. The lowest BCUT2D eigenvalue weighted by Gasteiger charge is -2.40. The van der Waals surface area contributed by atoms with Gasteiger partial charge < -0.3 is 10.2 Å². The van der Waals surface area contributed by atoms with Crippen molar-refractivity contribution in [2.75, 3.05) is 13.6 Å². The van der Waals surface area contributed by atoms with Crippen molar-refractivity contribution in [2.45, 2.75) is 38.9 Å². The molecule has 2 rings (SSSR count). The third kappa shape index (κ3) is 3.68. The van der Waals surface area contributed by atoms with Crippen molar-refractivity contribution < 1.29 is 4.39 Å². The highest BCUT2D eigenvalue weighted by atomic mass is 35.5. The van der Waals surface area contributed by atoms with Crippen LogP contribution in [0.2, 0.25) is 5.02 Å². The van der Waals surface area contributed by atoms with Gasteiger partial charge >= 0.3 is 0 Å². The quantitative estimate of drug-likeness (QED) is 0.916. The first kappa shape index (κ1) is 14.8. The van der Waals surface area contributed by atoms with E-state index in [1.54, 1.807) is 12.1 Å². The predicted molar refractivity (Wildman–Crippen MR) is 77.9 cm³/mol.